The highest BCUT2D eigenvalue weighted by molar-refractivity contribution is 7.47. The molecule has 98 heavy (non-hydrogen) atoms. The Bertz CT molecular complexity index is 1920. The van der Waals surface area contributed by atoms with Crippen molar-refractivity contribution in [1.82, 2.24) is 0 Å². The second-order valence-electron chi connectivity index (χ2n) is 30.4. The van der Waals surface area contributed by atoms with Crippen LogP contribution in [-0.2, 0) is 65.4 Å². The first-order valence-corrected chi connectivity index (χ1v) is 43.7. The Hall–Kier alpha value is -1.94. The van der Waals surface area contributed by atoms with Gasteiger partial charge in [-0.2, -0.15) is 0 Å². The number of carbonyl (C=O) groups is 4. The molecule has 0 aliphatic heterocycles. The van der Waals surface area contributed by atoms with Crippen molar-refractivity contribution in [2.24, 2.45) is 23.7 Å². The number of hydrogen-bond donors (Lipinski definition) is 3. The molecule has 0 heterocycles. The summed E-state index contributed by atoms with van der Waals surface area (Å²) in [5, 5.41) is 10.6. The number of aliphatic hydroxyl groups is 1. The van der Waals surface area contributed by atoms with Gasteiger partial charge < -0.3 is 33.8 Å². The Kier molecular flexibility index (Phi) is 66.8. The van der Waals surface area contributed by atoms with E-state index in [0.29, 0.717) is 31.6 Å². The summed E-state index contributed by atoms with van der Waals surface area (Å²) in [4.78, 5) is 72.9. The molecule has 0 saturated heterocycles. The van der Waals surface area contributed by atoms with Gasteiger partial charge in [0.25, 0.3) is 0 Å². The molecule has 0 aromatic carbocycles. The van der Waals surface area contributed by atoms with Crippen LogP contribution in [0.1, 0.15) is 402 Å². The van der Waals surface area contributed by atoms with E-state index in [1.54, 1.807) is 0 Å². The topological polar surface area (TPSA) is 237 Å². The number of rotatable bonds is 76. The third-order valence-corrected chi connectivity index (χ3v) is 20.2. The Morgan fingerprint density at radius 1 is 0.255 bits per heavy atom. The number of esters is 4. The summed E-state index contributed by atoms with van der Waals surface area (Å²) in [5.74, 6) is 0.925. The van der Waals surface area contributed by atoms with Crippen molar-refractivity contribution in [2.75, 3.05) is 39.6 Å². The molecule has 17 nitrogen and oxygen atoms in total. The molecule has 0 aliphatic carbocycles. The first-order valence-electron chi connectivity index (χ1n) is 40.7. The molecule has 3 N–H and O–H groups in total. The van der Waals surface area contributed by atoms with E-state index in [1.165, 1.54) is 199 Å². The second-order valence-corrected chi connectivity index (χ2v) is 33.3. The lowest BCUT2D eigenvalue weighted by Crippen LogP contribution is -2.30. The van der Waals surface area contributed by atoms with Crippen molar-refractivity contribution >= 4 is 39.5 Å². The smallest absolute Gasteiger partial charge is 0.462 e. The molecule has 0 bridgehead atoms. The van der Waals surface area contributed by atoms with Crippen molar-refractivity contribution in [1.29, 1.82) is 0 Å². The van der Waals surface area contributed by atoms with E-state index in [9.17, 15) is 43.2 Å². The molecule has 582 valence electrons. The molecule has 0 aromatic rings. The molecule has 19 heteroatoms. The second kappa shape index (κ2) is 68.2. The van der Waals surface area contributed by atoms with Gasteiger partial charge >= 0.3 is 39.5 Å². The van der Waals surface area contributed by atoms with Crippen LogP contribution in [0, 0.1) is 23.7 Å². The van der Waals surface area contributed by atoms with Gasteiger partial charge in [0.15, 0.2) is 12.2 Å². The average molecular weight is 1440 g/mol. The quantitative estimate of drug-likeness (QED) is 0.0222. The number of aliphatic hydroxyl groups excluding tert-OH is 1. The number of carbonyl (C=O) groups excluding carboxylic acids is 4. The van der Waals surface area contributed by atoms with Crippen LogP contribution in [0.3, 0.4) is 0 Å². The zero-order valence-electron chi connectivity index (χ0n) is 64.4. The van der Waals surface area contributed by atoms with Crippen LogP contribution in [0.2, 0.25) is 0 Å². The summed E-state index contributed by atoms with van der Waals surface area (Å²) in [6.07, 6.45) is 54.3. The van der Waals surface area contributed by atoms with Crippen molar-refractivity contribution in [3.63, 3.8) is 0 Å². The predicted octanol–water partition coefficient (Wildman–Crippen LogP) is 23.2. The SMILES string of the molecule is CC(C)CCCCCCCCCCCCCCCCCCC(=O)O[C@H](COC(=O)CCCCCCCCCCC(C)C)COP(=O)(O)OCC(O)COP(=O)(O)OC[C@@H](COC(=O)CCCCCCCCCC(C)C)OC(=O)CCCCCCCCCCCCCCCCCC(C)C. The number of unbranched alkanes of at least 4 members (excludes halogenated alkanes) is 42. The van der Waals surface area contributed by atoms with E-state index in [0.717, 1.165) is 114 Å². The van der Waals surface area contributed by atoms with Crippen LogP contribution in [0.4, 0.5) is 0 Å². The molecular formula is C79H154O17P2. The van der Waals surface area contributed by atoms with E-state index in [1.807, 2.05) is 0 Å². The fraction of sp³-hybridized carbons (Fsp3) is 0.949. The van der Waals surface area contributed by atoms with E-state index < -0.39 is 97.5 Å². The number of ether oxygens (including phenoxy) is 4. The first-order chi connectivity index (χ1) is 47.1. The van der Waals surface area contributed by atoms with Crippen LogP contribution < -0.4 is 0 Å². The standard InChI is InChI=1S/C79H154O17P2/c1-69(2)55-47-39-31-24-20-16-12-9-10-14-18-22-26-36-45-53-61-78(83)95-74(65-89-76(81)59-51-43-35-29-28-33-41-49-57-71(5)6)67-93-97(85,86)91-63-73(80)64-92-98(87,88)94-68-75(66-90-77(82)60-52-44-38-30-34-42-50-58-72(7)8)96-79(84)62-54-46-37-27-23-19-15-11-13-17-21-25-32-40-48-56-70(3)4/h69-75,80H,9-68H2,1-8H3,(H,85,86)(H,87,88)/t73?,74-,75-/m1/s1. The maximum Gasteiger partial charge on any atom is 0.472 e. The van der Waals surface area contributed by atoms with Gasteiger partial charge in [-0.05, 0) is 49.4 Å². The number of hydrogen-bond acceptors (Lipinski definition) is 15. The van der Waals surface area contributed by atoms with Crippen LogP contribution in [0.15, 0.2) is 0 Å². The Balaban J connectivity index is 5.20. The largest absolute Gasteiger partial charge is 0.472 e. The summed E-state index contributed by atoms with van der Waals surface area (Å²) in [5.41, 5.74) is 0. The van der Waals surface area contributed by atoms with Crippen LogP contribution >= 0.6 is 15.6 Å². The van der Waals surface area contributed by atoms with E-state index in [-0.39, 0.29) is 25.7 Å². The highest BCUT2D eigenvalue weighted by Gasteiger charge is 2.30. The van der Waals surface area contributed by atoms with Crippen LogP contribution in [-0.4, -0.2) is 96.7 Å². The van der Waals surface area contributed by atoms with Gasteiger partial charge in [0.05, 0.1) is 26.4 Å². The monoisotopic (exact) mass is 1440 g/mol. The molecule has 0 aliphatic rings. The van der Waals surface area contributed by atoms with Gasteiger partial charge in [0.2, 0.25) is 0 Å². The van der Waals surface area contributed by atoms with Crippen molar-refractivity contribution in [3.8, 4) is 0 Å². The summed E-state index contributed by atoms with van der Waals surface area (Å²) in [7, 11) is -9.92. The third-order valence-electron chi connectivity index (χ3n) is 18.3. The lowest BCUT2D eigenvalue weighted by Gasteiger charge is -2.21. The molecule has 0 radical (unpaired) electrons. The summed E-state index contributed by atoms with van der Waals surface area (Å²) in [6, 6.07) is 0. The first kappa shape index (κ1) is 96.1. The van der Waals surface area contributed by atoms with Crippen molar-refractivity contribution in [3.05, 3.63) is 0 Å². The lowest BCUT2D eigenvalue weighted by atomic mass is 10.0. The molecule has 0 rings (SSSR count). The van der Waals surface area contributed by atoms with Gasteiger partial charge in [0.1, 0.15) is 19.3 Å². The fourth-order valence-electron chi connectivity index (χ4n) is 12.1. The van der Waals surface area contributed by atoms with E-state index >= 15 is 0 Å². The average Bonchev–Trinajstić information content (AvgIpc) is 1.18. The van der Waals surface area contributed by atoms with Gasteiger partial charge in [-0.15, -0.1) is 0 Å². The lowest BCUT2D eigenvalue weighted by molar-refractivity contribution is -0.161. The third kappa shape index (κ3) is 72.4. The molecule has 0 saturated carbocycles. The Morgan fingerprint density at radius 2 is 0.429 bits per heavy atom. The number of phosphoric acid groups is 2. The molecule has 0 aromatic heterocycles. The minimum absolute atomic E-state index is 0.107. The molecule has 0 spiro atoms. The zero-order chi connectivity index (χ0) is 72.4. The minimum atomic E-state index is -4.96. The maximum atomic E-state index is 13.1. The Labute approximate surface area is 600 Å². The minimum Gasteiger partial charge on any atom is -0.462 e. The zero-order valence-corrected chi connectivity index (χ0v) is 66.2. The van der Waals surface area contributed by atoms with Gasteiger partial charge in [-0.1, -0.05) is 351 Å². The summed E-state index contributed by atoms with van der Waals surface area (Å²) in [6.45, 7) is 14.2. The fourth-order valence-corrected chi connectivity index (χ4v) is 13.7. The van der Waals surface area contributed by atoms with E-state index in [2.05, 4.69) is 55.4 Å². The van der Waals surface area contributed by atoms with Crippen molar-refractivity contribution < 1.29 is 80.2 Å². The highest BCUT2D eigenvalue weighted by atomic mass is 31.2. The summed E-state index contributed by atoms with van der Waals surface area (Å²) >= 11 is 0. The Morgan fingerprint density at radius 3 is 0.633 bits per heavy atom. The molecule has 3 unspecified atom stereocenters. The molecule has 5 atom stereocenters. The molecule has 0 amide bonds. The van der Waals surface area contributed by atoms with Crippen molar-refractivity contribution in [2.45, 2.75) is 420 Å². The van der Waals surface area contributed by atoms with Gasteiger partial charge in [-0.3, -0.25) is 37.3 Å². The van der Waals surface area contributed by atoms with Crippen LogP contribution in [0.5, 0.6) is 0 Å². The maximum absolute atomic E-state index is 13.1. The van der Waals surface area contributed by atoms with Gasteiger partial charge in [-0.25, -0.2) is 9.13 Å². The predicted molar refractivity (Wildman–Crippen MR) is 400 cm³/mol. The summed E-state index contributed by atoms with van der Waals surface area (Å²) < 4.78 is 68.6. The number of phosphoric ester groups is 2. The van der Waals surface area contributed by atoms with Gasteiger partial charge in [0, 0.05) is 25.7 Å². The molecular weight excluding hydrogens is 1280 g/mol. The molecule has 0 fully saturated rings. The normalized spacial score (nSPS) is 14.1. The van der Waals surface area contributed by atoms with Crippen LogP contribution in [0.25, 0.3) is 0 Å². The highest BCUT2D eigenvalue weighted by Crippen LogP contribution is 2.45. The van der Waals surface area contributed by atoms with E-state index in [4.69, 9.17) is 37.0 Å².